The maximum atomic E-state index is 6.46. The summed E-state index contributed by atoms with van der Waals surface area (Å²) in [6, 6.07) is 18.0. The van der Waals surface area contributed by atoms with Crippen LogP contribution in [0.15, 0.2) is 60.8 Å². The van der Waals surface area contributed by atoms with Crippen molar-refractivity contribution in [1.29, 1.82) is 0 Å². The average molecular weight is 438 g/mol. The number of aromatic nitrogens is 2. The Hall–Kier alpha value is -3.03. The molecule has 0 spiro atoms. The van der Waals surface area contributed by atoms with Crippen LogP contribution < -0.4 is 14.2 Å². The third kappa shape index (κ3) is 5.06. The largest absolute Gasteiger partial charge is 0.492 e. The van der Waals surface area contributed by atoms with E-state index in [9.17, 15) is 0 Å². The van der Waals surface area contributed by atoms with E-state index >= 15 is 0 Å². The van der Waals surface area contributed by atoms with Crippen molar-refractivity contribution in [3.05, 3.63) is 72.1 Å². The molecular formula is C25H31N3O4. The molecule has 0 aliphatic carbocycles. The van der Waals surface area contributed by atoms with Crippen LogP contribution in [0.3, 0.4) is 0 Å². The van der Waals surface area contributed by atoms with E-state index in [1.54, 1.807) is 0 Å². The molecule has 0 saturated heterocycles. The Labute approximate surface area is 189 Å². The molecule has 1 aromatic heterocycles. The Morgan fingerprint density at radius 2 is 1.84 bits per heavy atom. The fourth-order valence-corrected chi connectivity index (χ4v) is 3.91. The van der Waals surface area contributed by atoms with Gasteiger partial charge in [-0.1, -0.05) is 30.3 Å². The molecular weight excluding hydrogens is 406 g/mol. The molecule has 7 heteroatoms. The van der Waals surface area contributed by atoms with Crippen molar-refractivity contribution < 1.29 is 18.9 Å². The predicted molar refractivity (Wildman–Crippen MR) is 122 cm³/mol. The molecule has 0 N–H and O–H groups in total. The molecule has 1 unspecified atom stereocenters. The molecule has 1 aliphatic heterocycles. The van der Waals surface area contributed by atoms with Crippen molar-refractivity contribution in [2.24, 2.45) is 7.05 Å². The number of aryl methyl sites for hydroxylation is 1. The average Bonchev–Trinajstić information content (AvgIpc) is 3.46. The van der Waals surface area contributed by atoms with E-state index in [0.29, 0.717) is 13.2 Å². The molecule has 1 atom stereocenters. The second-order valence-electron chi connectivity index (χ2n) is 8.11. The molecule has 170 valence electrons. The Morgan fingerprint density at radius 3 is 2.62 bits per heavy atom. The fraction of sp³-hybridized carbons (Fsp3) is 0.400. The van der Waals surface area contributed by atoms with Gasteiger partial charge < -0.3 is 23.8 Å². The number of likely N-dealkylation sites (N-methyl/N-ethyl adjacent to an activating group) is 1. The van der Waals surface area contributed by atoms with Gasteiger partial charge in [-0.25, -0.2) is 0 Å². The Bertz CT molecular complexity index is 1010. The summed E-state index contributed by atoms with van der Waals surface area (Å²) in [7, 11) is 4.05. The Morgan fingerprint density at radius 1 is 1.03 bits per heavy atom. The highest BCUT2D eigenvalue weighted by molar-refractivity contribution is 5.46. The van der Waals surface area contributed by atoms with Crippen molar-refractivity contribution in [3.63, 3.8) is 0 Å². The van der Waals surface area contributed by atoms with Crippen molar-refractivity contribution in [3.8, 4) is 17.2 Å². The minimum atomic E-state index is -0.548. The molecule has 3 aromatic rings. The van der Waals surface area contributed by atoms with E-state index in [0.717, 1.165) is 48.0 Å². The van der Waals surface area contributed by atoms with E-state index in [1.165, 1.54) is 0 Å². The van der Waals surface area contributed by atoms with Gasteiger partial charge in [0.05, 0.1) is 5.69 Å². The number of hydrogen-bond donors (Lipinski definition) is 0. The molecule has 0 saturated carbocycles. The second kappa shape index (κ2) is 10.1. The third-order valence-corrected chi connectivity index (χ3v) is 5.80. The van der Waals surface area contributed by atoms with E-state index in [-0.39, 0.29) is 6.79 Å². The molecule has 0 bridgehead atoms. The van der Waals surface area contributed by atoms with Crippen LogP contribution in [-0.2, 0) is 17.4 Å². The molecule has 2 heterocycles. The van der Waals surface area contributed by atoms with E-state index in [1.807, 2.05) is 60.4 Å². The van der Waals surface area contributed by atoms with Crippen molar-refractivity contribution in [1.82, 2.24) is 14.7 Å². The molecule has 0 fully saturated rings. The number of nitrogens with zero attached hydrogens (tertiary/aromatic N) is 3. The summed E-state index contributed by atoms with van der Waals surface area (Å²) in [6.45, 7) is 5.38. The number of ether oxygens (including phenoxy) is 4. The van der Waals surface area contributed by atoms with E-state index < -0.39 is 5.60 Å². The Kier molecular flexibility index (Phi) is 6.97. The lowest BCUT2D eigenvalue weighted by molar-refractivity contribution is -0.0134. The topological polar surface area (TPSA) is 58.0 Å². The maximum absolute atomic E-state index is 6.46. The summed E-state index contributed by atoms with van der Waals surface area (Å²) < 4.78 is 24.9. The summed E-state index contributed by atoms with van der Waals surface area (Å²) in [5.74, 6) is 2.30. The SMILES string of the molecule is CN(CCCOC(C)(c1ccccc1)c1ccnn1C)CCOc1ccc2c(c1)OCO2. The van der Waals surface area contributed by atoms with Crippen LogP contribution in [0, 0.1) is 0 Å². The van der Waals surface area contributed by atoms with Crippen LogP contribution in [0.25, 0.3) is 0 Å². The molecule has 32 heavy (non-hydrogen) atoms. The lowest BCUT2D eigenvalue weighted by Gasteiger charge is -2.31. The molecule has 0 amide bonds. The van der Waals surface area contributed by atoms with E-state index in [4.69, 9.17) is 18.9 Å². The van der Waals surface area contributed by atoms with Gasteiger partial charge >= 0.3 is 0 Å². The highest BCUT2D eigenvalue weighted by Crippen LogP contribution is 2.35. The number of hydrogen-bond acceptors (Lipinski definition) is 6. The van der Waals surface area contributed by atoms with Gasteiger partial charge in [0.1, 0.15) is 18.0 Å². The standard InChI is InChI=1S/C25H31N3O4/c1-25(20-8-5-4-6-9-20,24-12-13-26-28(24)3)32-16-7-14-27(2)15-17-29-21-10-11-22-23(18-21)31-19-30-22/h4-6,8-13,18H,7,14-17,19H2,1-3H3. The van der Waals surface area contributed by atoms with Crippen LogP contribution in [0.4, 0.5) is 0 Å². The lowest BCUT2D eigenvalue weighted by Crippen LogP contribution is -2.32. The van der Waals surface area contributed by atoms with Crippen LogP contribution in [0.5, 0.6) is 17.2 Å². The van der Waals surface area contributed by atoms with Gasteiger partial charge in [-0.2, -0.15) is 5.10 Å². The summed E-state index contributed by atoms with van der Waals surface area (Å²) in [5, 5.41) is 4.34. The van der Waals surface area contributed by atoms with Gasteiger partial charge in [0.2, 0.25) is 6.79 Å². The van der Waals surface area contributed by atoms with Gasteiger partial charge in [-0.3, -0.25) is 4.68 Å². The zero-order valence-corrected chi connectivity index (χ0v) is 19.0. The van der Waals surface area contributed by atoms with Gasteiger partial charge in [-0.05, 0) is 44.2 Å². The number of rotatable bonds is 11. The maximum Gasteiger partial charge on any atom is 0.231 e. The quantitative estimate of drug-likeness (QED) is 0.425. The normalized spacial score (nSPS) is 14.5. The summed E-state index contributed by atoms with van der Waals surface area (Å²) >= 11 is 0. The first-order valence-electron chi connectivity index (χ1n) is 11.0. The van der Waals surface area contributed by atoms with Gasteiger partial charge in [0.15, 0.2) is 11.5 Å². The first kappa shape index (κ1) is 22.2. The predicted octanol–water partition coefficient (Wildman–Crippen LogP) is 3.83. The summed E-state index contributed by atoms with van der Waals surface area (Å²) in [5.41, 5.74) is 1.61. The monoisotopic (exact) mass is 437 g/mol. The van der Waals surface area contributed by atoms with Crippen LogP contribution in [0.1, 0.15) is 24.6 Å². The van der Waals surface area contributed by atoms with Crippen molar-refractivity contribution in [2.45, 2.75) is 18.9 Å². The van der Waals surface area contributed by atoms with Gasteiger partial charge in [-0.15, -0.1) is 0 Å². The zero-order valence-electron chi connectivity index (χ0n) is 19.0. The van der Waals surface area contributed by atoms with E-state index in [2.05, 4.69) is 36.1 Å². The summed E-state index contributed by atoms with van der Waals surface area (Å²) in [4.78, 5) is 2.25. The smallest absolute Gasteiger partial charge is 0.231 e. The van der Waals surface area contributed by atoms with Crippen LogP contribution in [0.2, 0.25) is 0 Å². The number of fused-ring (bicyclic) bond motifs is 1. The molecule has 4 rings (SSSR count). The Balaban J connectivity index is 1.24. The van der Waals surface area contributed by atoms with Gasteiger partial charge in [0, 0.05) is 39.0 Å². The van der Waals surface area contributed by atoms with Crippen molar-refractivity contribution in [2.75, 3.05) is 40.1 Å². The van der Waals surface area contributed by atoms with Crippen LogP contribution in [-0.4, -0.2) is 54.8 Å². The highest BCUT2D eigenvalue weighted by atomic mass is 16.7. The molecule has 2 aromatic carbocycles. The number of benzene rings is 2. The zero-order chi connectivity index (χ0) is 22.4. The summed E-state index contributed by atoms with van der Waals surface area (Å²) in [6.07, 6.45) is 2.73. The first-order valence-corrected chi connectivity index (χ1v) is 11.0. The minimum absolute atomic E-state index is 0.271. The highest BCUT2D eigenvalue weighted by Gasteiger charge is 2.32. The third-order valence-electron chi connectivity index (χ3n) is 5.80. The lowest BCUT2D eigenvalue weighted by atomic mass is 9.92. The van der Waals surface area contributed by atoms with Gasteiger partial charge in [0.25, 0.3) is 0 Å². The first-order chi connectivity index (χ1) is 15.6. The molecule has 7 nitrogen and oxygen atoms in total. The van der Waals surface area contributed by atoms with Crippen LogP contribution >= 0.6 is 0 Å². The minimum Gasteiger partial charge on any atom is -0.492 e. The molecule has 1 aliphatic rings. The molecule has 0 radical (unpaired) electrons. The van der Waals surface area contributed by atoms with Crippen molar-refractivity contribution >= 4 is 0 Å². The second-order valence-corrected chi connectivity index (χ2v) is 8.11. The fourth-order valence-electron chi connectivity index (χ4n) is 3.91.